The first-order valence-electron chi connectivity index (χ1n) is 9.93. The summed E-state index contributed by atoms with van der Waals surface area (Å²) in [7, 11) is 0. The Balaban J connectivity index is 1.47. The van der Waals surface area contributed by atoms with Gasteiger partial charge in [0.25, 0.3) is 0 Å². The minimum atomic E-state index is 0.327. The van der Waals surface area contributed by atoms with Crippen LogP contribution in [0.2, 0.25) is 0 Å². The summed E-state index contributed by atoms with van der Waals surface area (Å²) in [6.45, 7) is 8.56. The van der Waals surface area contributed by atoms with E-state index in [1.54, 1.807) is 11.3 Å². The van der Waals surface area contributed by atoms with E-state index in [2.05, 4.69) is 58.7 Å². The molecule has 28 heavy (non-hydrogen) atoms. The van der Waals surface area contributed by atoms with E-state index in [0.29, 0.717) is 25.8 Å². The molecule has 7 heteroatoms. The maximum Gasteiger partial charge on any atom is 0.191 e. The highest BCUT2D eigenvalue weighted by molar-refractivity contribution is 7.11. The average molecular weight is 403 g/mol. The van der Waals surface area contributed by atoms with Gasteiger partial charge in [-0.05, 0) is 37.8 Å². The van der Waals surface area contributed by atoms with Gasteiger partial charge < -0.3 is 20.1 Å². The molecule has 3 rings (SSSR count). The number of nitrogens with zero attached hydrogens (tertiary/aromatic N) is 2. The molecule has 1 aliphatic rings. The Morgan fingerprint density at radius 1 is 1.21 bits per heavy atom. The fourth-order valence-electron chi connectivity index (χ4n) is 2.95. The molecule has 0 aliphatic carbocycles. The summed E-state index contributed by atoms with van der Waals surface area (Å²) < 4.78 is 11.4. The summed E-state index contributed by atoms with van der Waals surface area (Å²) >= 11 is 1.70. The molecular formula is C21H30N4O2S. The van der Waals surface area contributed by atoms with E-state index in [1.807, 2.05) is 6.20 Å². The third kappa shape index (κ3) is 6.89. The molecule has 1 aromatic carbocycles. The van der Waals surface area contributed by atoms with E-state index in [9.17, 15) is 0 Å². The van der Waals surface area contributed by atoms with Crippen molar-refractivity contribution in [3.05, 3.63) is 51.5 Å². The van der Waals surface area contributed by atoms with Crippen LogP contribution in [0.5, 0.6) is 0 Å². The van der Waals surface area contributed by atoms with Crippen LogP contribution in [0.15, 0.2) is 35.5 Å². The van der Waals surface area contributed by atoms with Crippen LogP contribution in [0.3, 0.4) is 0 Å². The number of guanidine groups is 1. The lowest BCUT2D eigenvalue weighted by molar-refractivity contribution is -0.0390. The normalized spacial score (nSPS) is 15.6. The molecule has 0 bridgehead atoms. The molecule has 0 unspecified atom stereocenters. The number of aryl methyl sites for hydroxylation is 1. The maximum atomic E-state index is 5.98. The van der Waals surface area contributed by atoms with E-state index in [1.165, 1.54) is 16.0 Å². The number of aromatic nitrogens is 1. The molecule has 1 aromatic heterocycles. The van der Waals surface area contributed by atoms with Crippen molar-refractivity contribution in [3.63, 3.8) is 0 Å². The van der Waals surface area contributed by atoms with Crippen molar-refractivity contribution in [2.24, 2.45) is 4.99 Å². The summed E-state index contributed by atoms with van der Waals surface area (Å²) in [5, 5.41) is 7.70. The quantitative estimate of drug-likeness (QED) is 0.523. The number of hydrogen-bond acceptors (Lipinski definition) is 5. The summed E-state index contributed by atoms with van der Waals surface area (Å²) in [5.74, 6) is 0.808. The maximum absolute atomic E-state index is 5.98. The first-order chi connectivity index (χ1) is 13.7. The van der Waals surface area contributed by atoms with Gasteiger partial charge in [0.2, 0.25) is 0 Å². The van der Waals surface area contributed by atoms with Crippen molar-refractivity contribution in [2.45, 2.75) is 52.5 Å². The van der Waals surface area contributed by atoms with Gasteiger partial charge in [-0.15, -0.1) is 11.3 Å². The molecule has 0 saturated carbocycles. The second-order valence-corrected chi connectivity index (χ2v) is 8.17. The number of nitrogens with one attached hydrogen (secondary N) is 2. The summed E-state index contributed by atoms with van der Waals surface area (Å²) in [5.41, 5.74) is 2.38. The van der Waals surface area contributed by atoms with Gasteiger partial charge in [-0.3, -0.25) is 0 Å². The fraction of sp³-hybridized carbons (Fsp3) is 0.524. The predicted molar refractivity (Wildman–Crippen MR) is 114 cm³/mol. The number of hydrogen-bond donors (Lipinski definition) is 2. The van der Waals surface area contributed by atoms with Crippen molar-refractivity contribution in [2.75, 3.05) is 19.8 Å². The first kappa shape index (κ1) is 20.8. The predicted octanol–water partition coefficient (Wildman–Crippen LogP) is 3.40. The van der Waals surface area contributed by atoms with Gasteiger partial charge >= 0.3 is 0 Å². The Labute approximate surface area is 171 Å². The van der Waals surface area contributed by atoms with Crippen LogP contribution in [0, 0.1) is 6.92 Å². The molecule has 152 valence electrons. The van der Waals surface area contributed by atoms with Crippen molar-refractivity contribution in [1.29, 1.82) is 0 Å². The number of thiazole rings is 1. The van der Waals surface area contributed by atoms with Crippen molar-refractivity contribution >= 4 is 17.3 Å². The van der Waals surface area contributed by atoms with Gasteiger partial charge in [0, 0.05) is 30.8 Å². The molecule has 2 aromatic rings. The van der Waals surface area contributed by atoms with Gasteiger partial charge in [-0.2, -0.15) is 0 Å². The number of ether oxygens (including phenoxy) is 2. The molecule has 2 N–H and O–H groups in total. The molecular weight excluding hydrogens is 372 g/mol. The molecule has 6 nitrogen and oxygen atoms in total. The second kappa shape index (κ2) is 11.1. The lowest BCUT2D eigenvalue weighted by Gasteiger charge is -2.22. The number of aliphatic imine (C=N–C) groups is 1. The van der Waals surface area contributed by atoms with Crippen molar-refractivity contribution < 1.29 is 9.47 Å². The first-order valence-corrected chi connectivity index (χ1v) is 10.7. The molecule has 0 spiro atoms. The van der Waals surface area contributed by atoms with Crippen LogP contribution < -0.4 is 10.6 Å². The van der Waals surface area contributed by atoms with Gasteiger partial charge in [-0.1, -0.05) is 24.3 Å². The number of benzene rings is 1. The molecule has 1 aliphatic heterocycles. The largest absolute Gasteiger partial charge is 0.381 e. The average Bonchev–Trinajstić information content (AvgIpc) is 3.15. The Bertz CT molecular complexity index is 739. The standard InChI is InChI=1S/C21H30N4O2S/c1-3-22-21(25-14-20-23-12-16(2)28-20)24-13-17-4-6-18(7-5-17)15-27-19-8-10-26-11-9-19/h4-7,12,19H,3,8-11,13-15H2,1-2H3,(H2,22,24,25). The smallest absolute Gasteiger partial charge is 0.191 e. The SMILES string of the molecule is CCNC(=NCc1ccc(COC2CCOCC2)cc1)NCc1ncc(C)s1. The Hall–Kier alpha value is -1.96. The van der Waals surface area contributed by atoms with Gasteiger partial charge in [0.15, 0.2) is 5.96 Å². The highest BCUT2D eigenvalue weighted by Gasteiger charge is 2.13. The van der Waals surface area contributed by atoms with E-state index in [4.69, 9.17) is 9.47 Å². The minimum Gasteiger partial charge on any atom is -0.381 e. The van der Waals surface area contributed by atoms with Crippen LogP contribution in [-0.2, 0) is 29.2 Å². The van der Waals surface area contributed by atoms with Gasteiger partial charge in [0.1, 0.15) is 5.01 Å². The van der Waals surface area contributed by atoms with Crippen molar-refractivity contribution in [1.82, 2.24) is 15.6 Å². The van der Waals surface area contributed by atoms with E-state index < -0.39 is 0 Å². The topological polar surface area (TPSA) is 67.8 Å². The van der Waals surface area contributed by atoms with Crippen LogP contribution in [-0.4, -0.2) is 36.8 Å². The molecule has 0 amide bonds. The lowest BCUT2D eigenvalue weighted by Crippen LogP contribution is -2.36. The van der Waals surface area contributed by atoms with Crippen LogP contribution in [0.1, 0.15) is 40.8 Å². The highest BCUT2D eigenvalue weighted by Crippen LogP contribution is 2.14. The Kier molecular flexibility index (Phi) is 8.26. The molecule has 1 fully saturated rings. The fourth-order valence-corrected chi connectivity index (χ4v) is 3.68. The third-order valence-electron chi connectivity index (χ3n) is 4.52. The van der Waals surface area contributed by atoms with Crippen LogP contribution in [0.25, 0.3) is 0 Å². The van der Waals surface area contributed by atoms with E-state index >= 15 is 0 Å². The minimum absolute atomic E-state index is 0.327. The number of rotatable bonds is 8. The van der Waals surface area contributed by atoms with Gasteiger partial charge in [0.05, 0.1) is 25.8 Å². The zero-order chi connectivity index (χ0) is 19.6. The zero-order valence-corrected chi connectivity index (χ0v) is 17.6. The Morgan fingerprint density at radius 2 is 1.96 bits per heavy atom. The summed E-state index contributed by atoms with van der Waals surface area (Å²) in [6.07, 6.45) is 4.22. The molecule has 0 radical (unpaired) electrons. The lowest BCUT2D eigenvalue weighted by atomic mass is 10.1. The zero-order valence-electron chi connectivity index (χ0n) is 16.7. The third-order valence-corrected chi connectivity index (χ3v) is 5.43. The molecule has 0 atom stereocenters. The second-order valence-electron chi connectivity index (χ2n) is 6.85. The molecule has 1 saturated heterocycles. The van der Waals surface area contributed by atoms with Gasteiger partial charge in [-0.25, -0.2) is 9.98 Å². The summed E-state index contributed by atoms with van der Waals surface area (Å²) in [4.78, 5) is 10.3. The molecule has 2 heterocycles. The van der Waals surface area contributed by atoms with Crippen molar-refractivity contribution in [3.8, 4) is 0 Å². The van der Waals surface area contributed by atoms with Crippen LogP contribution in [0.4, 0.5) is 0 Å². The Morgan fingerprint density at radius 3 is 2.64 bits per heavy atom. The highest BCUT2D eigenvalue weighted by atomic mass is 32.1. The monoisotopic (exact) mass is 402 g/mol. The summed E-state index contributed by atoms with van der Waals surface area (Å²) in [6, 6.07) is 8.51. The van der Waals surface area contributed by atoms with E-state index in [-0.39, 0.29) is 0 Å². The van der Waals surface area contributed by atoms with E-state index in [0.717, 1.165) is 43.6 Å². The van der Waals surface area contributed by atoms with Crippen LogP contribution >= 0.6 is 11.3 Å².